The summed E-state index contributed by atoms with van der Waals surface area (Å²) in [6, 6.07) is 10.8. The number of nitrogens with zero attached hydrogens (tertiary/aromatic N) is 1. The molecule has 122 valence electrons. The van der Waals surface area contributed by atoms with E-state index < -0.39 is 0 Å². The molecule has 0 spiro atoms. The van der Waals surface area contributed by atoms with E-state index in [9.17, 15) is 0 Å². The molecule has 1 aromatic carbocycles. The van der Waals surface area contributed by atoms with Crippen LogP contribution in [0.15, 0.2) is 35.3 Å². The minimum atomic E-state index is 0.814. The van der Waals surface area contributed by atoms with Crippen LogP contribution in [0.1, 0.15) is 20.9 Å². The normalized spacial score (nSPS) is 13.6. The van der Waals surface area contributed by atoms with Crippen LogP contribution in [0.25, 0.3) is 0 Å². The van der Waals surface area contributed by atoms with E-state index in [1.807, 2.05) is 18.4 Å². The Morgan fingerprint density at radius 1 is 1.26 bits per heavy atom. The monoisotopic (exact) mass is 329 g/mol. The number of benzene rings is 1. The summed E-state index contributed by atoms with van der Waals surface area (Å²) in [5.74, 6) is 1.89. The topological polar surface area (TPSA) is 45.7 Å². The molecule has 0 atom stereocenters. The van der Waals surface area contributed by atoms with Gasteiger partial charge in [-0.3, -0.25) is 4.99 Å². The number of nitrogens with one attached hydrogen (secondary N) is 2. The van der Waals surface area contributed by atoms with E-state index in [-0.39, 0.29) is 0 Å². The van der Waals surface area contributed by atoms with E-state index in [4.69, 9.17) is 4.74 Å². The number of aryl methyl sites for hydroxylation is 1. The summed E-state index contributed by atoms with van der Waals surface area (Å²) >= 11 is 1.82. The maximum absolute atomic E-state index is 5.55. The maximum Gasteiger partial charge on any atom is 0.191 e. The molecular formula is C18H23N3OS. The Hall–Kier alpha value is -2.01. The molecule has 0 aliphatic carbocycles. The second-order valence-corrected chi connectivity index (χ2v) is 7.03. The number of hydrogen-bond donors (Lipinski definition) is 2. The van der Waals surface area contributed by atoms with Crippen LogP contribution in [-0.2, 0) is 19.4 Å². The number of rotatable bonds is 5. The number of ether oxygens (including phenoxy) is 1. The van der Waals surface area contributed by atoms with Crippen LogP contribution in [0.4, 0.5) is 0 Å². The quantitative estimate of drug-likeness (QED) is 0.655. The van der Waals surface area contributed by atoms with Crippen molar-refractivity contribution < 1.29 is 4.74 Å². The van der Waals surface area contributed by atoms with Crippen molar-refractivity contribution in [1.82, 2.24) is 10.6 Å². The van der Waals surface area contributed by atoms with Crippen LogP contribution >= 0.6 is 11.3 Å². The van der Waals surface area contributed by atoms with Crippen LogP contribution in [0.3, 0.4) is 0 Å². The molecule has 2 heterocycles. The molecule has 0 radical (unpaired) electrons. The predicted molar refractivity (Wildman–Crippen MR) is 96.6 cm³/mol. The molecule has 0 bridgehead atoms. The van der Waals surface area contributed by atoms with E-state index in [1.54, 1.807) is 0 Å². The lowest BCUT2D eigenvalue weighted by atomic mass is 10.1. The van der Waals surface area contributed by atoms with E-state index in [0.717, 1.165) is 44.2 Å². The fraction of sp³-hybridized carbons (Fsp3) is 0.389. The summed E-state index contributed by atoms with van der Waals surface area (Å²) in [4.78, 5) is 6.94. The van der Waals surface area contributed by atoms with Crippen LogP contribution < -0.4 is 15.4 Å². The standard InChI is InChI=1S/C18H23N3OS/c1-13-3-5-16(23-13)12-21-18(19-2)20-9-7-14-4-6-17-15(11-14)8-10-22-17/h3-6,11H,7-10,12H2,1-2H3,(H2,19,20,21). The molecule has 0 unspecified atom stereocenters. The third-order valence-electron chi connectivity index (χ3n) is 3.91. The predicted octanol–water partition coefficient (Wildman–Crippen LogP) is 2.90. The lowest BCUT2D eigenvalue weighted by Gasteiger charge is -2.11. The van der Waals surface area contributed by atoms with Crippen LogP contribution in [0.2, 0.25) is 0 Å². The zero-order chi connectivity index (χ0) is 16.1. The minimum absolute atomic E-state index is 0.814. The van der Waals surface area contributed by atoms with E-state index >= 15 is 0 Å². The van der Waals surface area contributed by atoms with Crippen molar-refractivity contribution in [2.24, 2.45) is 4.99 Å². The van der Waals surface area contributed by atoms with Crippen LogP contribution in [0.5, 0.6) is 5.75 Å². The minimum Gasteiger partial charge on any atom is -0.493 e. The highest BCUT2D eigenvalue weighted by atomic mass is 32.1. The molecule has 1 aromatic heterocycles. The molecule has 0 amide bonds. The smallest absolute Gasteiger partial charge is 0.191 e. The zero-order valence-electron chi connectivity index (χ0n) is 13.7. The van der Waals surface area contributed by atoms with Crippen molar-refractivity contribution in [3.63, 3.8) is 0 Å². The first kappa shape index (κ1) is 15.9. The van der Waals surface area contributed by atoms with Crippen LogP contribution in [-0.4, -0.2) is 26.2 Å². The molecule has 1 aliphatic rings. The Balaban J connectivity index is 1.45. The van der Waals surface area contributed by atoms with Gasteiger partial charge in [0, 0.05) is 29.8 Å². The van der Waals surface area contributed by atoms with Gasteiger partial charge in [0.05, 0.1) is 13.2 Å². The summed E-state index contributed by atoms with van der Waals surface area (Å²) in [5, 5.41) is 6.73. The Morgan fingerprint density at radius 2 is 2.17 bits per heavy atom. The van der Waals surface area contributed by atoms with Gasteiger partial charge in [-0.05, 0) is 42.7 Å². The van der Waals surface area contributed by atoms with E-state index in [2.05, 4.69) is 52.9 Å². The Kier molecular flexibility index (Phi) is 5.18. The van der Waals surface area contributed by atoms with Crippen LogP contribution in [0, 0.1) is 6.92 Å². The van der Waals surface area contributed by atoms with Crippen molar-refractivity contribution in [3.05, 3.63) is 51.2 Å². The summed E-state index contributed by atoms with van der Waals surface area (Å²) in [6.07, 6.45) is 2.01. The maximum atomic E-state index is 5.55. The summed E-state index contributed by atoms with van der Waals surface area (Å²) in [6.45, 7) is 4.62. The summed E-state index contributed by atoms with van der Waals surface area (Å²) < 4.78 is 5.55. The van der Waals surface area contributed by atoms with Gasteiger partial charge in [-0.1, -0.05) is 12.1 Å². The lowest BCUT2D eigenvalue weighted by Crippen LogP contribution is -2.37. The van der Waals surface area contributed by atoms with Gasteiger partial charge in [-0.15, -0.1) is 11.3 Å². The largest absolute Gasteiger partial charge is 0.493 e. The first-order valence-corrected chi connectivity index (χ1v) is 8.80. The molecule has 0 fully saturated rings. The van der Waals surface area contributed by atoms with Crippen molar-refractivity contribution in [2.45, 2.75) is 26.3 Å². The molecule has 2 N–H and O–H groups in total. The highest BCUT2D eigenvalue weighted by molar-refractivity contribution is 7.11. The van der Waals surface area contributed by atoms with Gasteiger partial charge in [0.1, 0.15) is 5.75 Å². The Bertz CT molecular complexity index is 693. The van der Waals surface area contributed by atoms with Gasteiger partial charge in [0.2, 0.25) is 0 Å². The van der Waals surface area contributed by atoms with E-state index in [0.29, 0.717) is 0 Å². The fourth-order valence-corrected chi connectivity index (χ4v) is 3.52. The van der Waals surface area contributed by atoms with Crippen molar-refractivity contribution in [1.29, 1.82) is 0 Å². The number of hydrogen-bond acceptors (Lipinski definition) is 3. The van der Waals surface area contributed by atoms with Crippen molar-refractivity contribution in [3.8, 4) is 5.75 Å². The Morgan fingerprint density at radius 3 is 2.96 bits per heavy atom. The molecule has 0 saturated heterocycles. The van der Waals surface area contributed by atoms with Crippen molar-refractivity contribution >= 4 is 17.3 Å². The molecular weight excluding hydrogens is 306 g/mol. The summed E-state index contributed by atoms with van der Waals surface area (Å²) in [7, 11) is 1.81. The third kappa shape index (κ3) is 4.26. The van der Waals surface area contributed by atoms with Gasteiger partial charge in [-0.25, -0.2) is 0 Å². The van der Waals surface area contributed by atoms with Gasteiger partial charge in [0.15, 0.2) is 5.96 Å². The van der Waals surface area contributed by atoms with Crippen molar-refractivity contribution in [2.75, 3.05) is 20.2 Å². The van der Waals surface area contributed by atoms with Gasteiger partial charge < -0.3 is 15.4 Å². The zero-order valence-corrected chi connectivity index (χ0v) is 14.5. The first-order valence-electron chi connectivity index (χ1n) is 7.99. The molecule has 0 saturated carbocycles. The molecule has 1 aliphatic heterocycles. The lowest BCUT2D eigenvalue weighted by molar-refractivity contribution is 0.357. The molecule has 4 nitrogen and oxygen atoms in total. The number of aliphatic imine (C=N–C) groups is 1. The average molecular weight is 329 g/mol. The van der Waals surface area contributed by atoms with Gasteiger partial charge in [-0.2, -0.15) is 0 Å². The highest BCUT2D eigenvalue weighted by Gasteiger charge is 2.11. The second-order valence-electron chi connectivity index (χ2n) is 5.66. The first-order chi connectivity index (χ1) is 11.2. The SMILES string of the molecule is CN=C(NCCc1ccc2c(c1)CCO2)NCc1ccc(C)s1. The molecule has 2 aromatic rings. The van der Waals surface area contributed by atoms with E-state index in [1.165, 1.54) is 20.9 Å². The number of guanidine groups is 1. The fourth-order valence-electron chi connectivity index (χ4n) is 2.69. The molecule has 23 heavy (non-hydrogen) atoms. The number of thiophene rings is 1. The summed E-state index contributed by atoms with van der Waals surface area (Å²) in [5.41, 5.74) is 2.67. The highest BCUT2D eigenvalue weighted by Crippen LogP contribution is 2.25. The number of fused-ring (bicyclic) bond motifs is 1. The second kappa shape index (κ2) is 7.51. The van der Waals surface area contributed by atoms with Gasteiger partial charge >= 0.3 is 0 Å². The molecule has 3 rings (SSSR count). The molecule has 5 heteroatoms. The third-order valence-corrected chi connectivity index (χ3v) is 4.91. The average Bonchev–Trinajstić information content (AvgIpc) is 3.18. The van der Waals surface area contributed by atoms with Gasteiger partial charge in [0.25, 0.3) is 0 Å². The Labute approximate surface area is 141 Å².